The maximum atomic E-state index is 14.1. The number of amides is 2. The van der Waals surface area contributed by atoms with Gasteiger partial charge in [-0.1, -0.05) is 52.1 Å². The number of nitrogens with zero attached hydrogens (tertiary/aromatic N) is 3. The highest BCUT2D eigenvalue weighted by atomic mass is 35.5. The fourth-order valence-electron chi connectivity index (χ4n) is 7.44. The molecule has 232 valence electrons. The van der Waals surface area contributed by atoms with Crippen molar-refractivity contribution in [3.05, 3.63) is 28.9 Å². The van der Waals surface area contributed by atoms with Crippen molar-refractivity contribution in [1.82, 2.24) is 20.2 Å². The summed E-state index contributed by atoms with van der Waals surface area (Å²) in [5.74, 6) is -0.280. The summed E-state index contributed by atoms with van der Waals surface area (Å²) in [7, 11) is 0. The van der Waals surface area contributed by atoms with Crippen LogP contribution in [-0.4, -0.2) is 68.8 Å². The first-order chi connectivity index (χ1) is 20.4. The third-order valence-corrected chi connectivity index (χ3v) is 10.1. The number of alkyl carbamates (subject to hydrolysis) is 1. The van der Waals surface area contributed by atoms with Gasteiger partial charge in [0.05, 0.1) is 17.6 Å². The first-order valence-electron chi connectivity index (χ1n) is 15.5. The van der Waals surface area contributed by atoms with E-state index in [0.29, 0.717) is 51.8 Å². The van der Waals surface area contributed by atoms with E-state index in [9.17, 15) is 19.5 Å². The molecule has 3 fully saturated rings. The number of nitrogens with one attached hydrogen (secondary N) is 1. The van der Waals surface area contributed by atoms with Crippen molar-refractivity contribution in [2.45, 2.75) is 96.9 Å². The Morgan fingerprint density at radius 1 is 1.05 bits per heavy atom. The summed E-state index contributed by atoms with van der Waals surface area (Å²) in [4.78, 5) is 50.8. The van der Waals surface area contributed by atoms with E-state index >= 15 is 0 Å². The number of ether oxygens (including phenoxy) is 2. The summed E-state index contributed by atoms with van der Waals surface area (Å²) < 4.78 is 12.4. The van der Waals surface area contributed by atoms with E-state index in [0.717, 1.165) is 32.1 Å². The number of carboxylic acids is 1. The molecule has 10 nitrogen and oxygen atoms in total. The molecule has 0 spiro atoms. The Labute approximate surface area is 256 Å². The topological polar surface area (TPSA) is 131 Å². The number of carboxylic acid groups (broad SMARTS) is 1. The molecule has 2 bridgehead atoms. The van der Waals surface area contributed by atoms with E-state index < -0.39 is 47.5 Å². The number of hydrogen-bond donors (Lipinski definition) is 2. The fourth-order valence-corrected chi connectivity index (χ4v) is 7.61. The van der Waals surface area contributed by atoms with Crippen LogP contribution in [0.3, 0.4) is 0 Å². The first kappa shape index (κ1) is 29.9. The molecule has 8 atom stereocenters. The van der Waals surface area contributed by atoms with Gasteiger partial charge in [-0.05, 0) is 73.5 Å². The molecule has 1 aromatic carbocycles. The number of carbonyl (C=O) groups excluding carboxylic acids is 2. The van der Waals surface area contributed by atoms with Crippen LogP contribution in [-0.2, 0) is 20.7 Å². The second-order valence-electron chi connectivity index (χ2n) is 13.9. The van der Waals surface area contributed by atoms with Crippen LogP contribution in [0.25, 0.3) is 11.0 Å². The van der Waals surface area contributed by atoms with Crippen molar-refractivity contribution in [2.75, 3.05) is 6.54 Å². The van der Waals surface area contributed by atoms with Crippen molar-refractivity contribution in [3.8, 4) is 5.88 Å². The van der Waals surface area contributed by atoms with Gasteiger partial charge >= 0.3 is 12.1 Å². The molecule has 6 rings (SSSR count). The molecule has 2 aliphatic carbocycles. The quantitative estimate of drug-likeness (QED) is 0.447. The zero-order valence-corrected chi connectivity index (χ0v) is 26.0. The molecule has 2 aromatic rings. The van der Waals surface area contributed by atoms with E-state index in [2.05, 4.69) is 5.32 Å². The van der Waals surface area contributed by atoms with Gasteiger partial charge in [-0.2, -0.15) is 0 Å². The van der Waals surface area contributed by atoms with Gasteiger partial charge in [0, 0.05) is 10.9 Å². The van der Waals surface area contributed by atoms with Crippen LogP contribution in [0.1, 0.15) is 71.9 Å². The van der Waals surface area contributed by atoms with Gasteiger partial charge in [0.25, 0.3) is 0 Å². The lowest BCUT2D eigenvalue weighted by molar-refractivity contribution is -0.151. The lowest BCUT2D eigenvalue weighted by Gasteiger charge is -2.35. The maximum Gasteiger partial charge on any atom is 0.408 e. The highest BCUT2D eigenvalue weighted by molar-refractivity contribution is 6.31. The fraction of sp³-hybridized carbons (Fsp3) is 0.656. The lowest BCUT2D eigenvalue weighted by atomic mass is 9.85. The molecule has 1 aromatic heterocycles. The molecule has 2 aliphatic heterocycles. The molecular weight excluding hydrogens is 572 g/mol. The van der Waals surface area contributed by atoms with Gasteiger partial charge < -0.3 is 24.8 Å². The molecule has 3 heterocycles. The van der Waals surface area contributed by atoms with Crippen LogP contribution < -0.4 is 10.1 Å². The molecule has 43 heavy (non-hydrogen) atoms. The number of aromatic nitrogens is 2. The Balaban J connectivity index is 1.36. The number of aryl methyl sites for hydroxylation is 1. The number of rotatable bonds is 1. The number of hydrogen-bond acceptors (Lipinski definition) is 7. The van der Waals surface area contributed by atoms with Crippen LogP contribution in [0.5, 0.6) is 5.88 Å². The molecule has 2 saturated carbocycles. The molecular formula is C32H41ClN4O6. The Kier molecular flexibility index (Phi) is 7.94. The molecule has 0 radical (unpaired) electrons. The SMILES string of the molecule is C[C@@H]1[C@@H]2CN(C(=O)[C@H](C(C)(C)C)NC(=O)O[C@@H]3CC4C[C@@H]4[C@H]3CCCCCc3nc4ccc(Cl)cc4nc3O2)[C@@H]1C(=O)O. The Bertz CT molecular complexity index is 1430. The van der Waals surface area contributed by atoms with Crippen molar-refractivity contribution in [3.63, 3.8) is 0 Å². The number of halogens is 1. The molecule has 2 N–H and O–H groups in total. The second-order valence-corrected chi connectivity index (χ2v) is 14.4. The van der Waals surface area contributed by atoms with Gasteiger partial charge in [0.15, 0.2) is 0 Å². The maximum absolute atomic E-state index is 14.1. The highest BCUT2D eigenvalue weighted by Gasteiger charge is 2.55. The van der Waals surface area contributed by atoms with Crippen molar-refractivity contribution < 1.29 is 29.0 Å². The van der Waals surface area contributed by atoms with E-state index in [1.165, 1.54) is 11.3 Å². The van der Waals surface area contributed by atoms with Gasteiger partial charge in [-0.3, -0.25) is 4.79 Å². The molecule has 1 saturated heterocycles. The number of fused-ring (bicyclic) bond motifs is 7. The van der Waals surface area contributed by atoms with Crippen LogP contribution >= 0.6 is 11.6 Å². The normalized spacial score (nSPS) is 33.3. The van der Waals surface area contributed by atoms with Crippen molar-refractivity contribution in [1.29, 1.82) is 0 Å². The average Bonchev–Trinajstić information content (AvgIpc) is 3.50. The zero-order valence-electron chi connectivity index (χ0n) is 25.2. The van der Waals surface area contributed by atoms with Gasteiger partial charge in [-0.15, -0.1) is 0 Å². The summed E-state index contributed by atoms with van der Waals surface area (Å²) in [6.45, 7) is 7.34. The summed E-state index contributed by atoms with van der Waals surface area (Å²) >= 11 is 6.25. The minimum atomic E-state index is -1.14. The monoisotopic (exact) mass is 612 g/mol. The van der Waals surface area contributed by atoms with Crippen LogP contribution in [0.2, 0.25) is 5.02 Å². The predicted molar refractivity (Wildman–Crippen MR) is 160 cm³/mol. The van der Waals surface area contributed by atoms with E-state index in [-0.39, 0.29) is 12.6 Å². The van der Waals surface area contributed by atoms with E-state index in [1.54, 1.807) is 19.1 Å². The van der Waals surface area contributed by atoms with Crippen molar-refractivity contribution >= 4 is 40.6 Å². The zero-order chi connectivity index (χ0) is 30.6. The third kappa shape index (κ3) is 5.99. The van der Waals surface area contributed by atoms with Crippen LogP contribution in [0.15, 0.2) is 18.2 Å². The summed E-state index contributed by atoms with van der Waals surface area (Å²) in [5.41, 5.74) is 1.31. The average molecular weight is 613 g/mol. The Morgan fingerprint density at radius 2 is 1.84 bits per heavy atom. The Hall–Kier alpha value is -3.14. The van der Waals surface area contributed by atoms with E-state index in [4.69, 9.17) is 31.0 Å². The second kappa shape index (κ2) is 11.4. The largest absolute Gasteiger partial charge is 0.480 e. The van der Waals surface area contributed by atoms with Gasteiger partial charge in [0.2, 0.25) is 11.8 Å². The highest BCUT2D eigenvalue weighted by Crippen LogP contribution is 2.57. The van der Waals surface area contributed by atoms with Gasteiger partial charge in [0.1, 0.15) is 30.0 Å². The van der Waals surface area contributed by atoms with Crippen LogP contribution in [0.4, 0.5) is 4.79 Å². The van der Waals surface area contributed by atoms with E-state index in [1.807, 2.05) is 26.8 Å². The van der Waals surface area contributed by atoms with Crippen molar-refractivity contribution in [2.24, 2.45) is 29.1 Å². The number of carbonyl (C=O) groups is 3. The minimum absolute atomic E-state index is 0.0308. The van der Waals surface area contributed by atoms with Gasteiger partial charge in [-0.25, -0.2) is 19.6 Å². The lowest BCUT2D eigenvalue weighted by Crippen LogP contribution is -2.57. The Morgan fingerprint density at radius 3 is 2.58 bits per heavy atom. The predicted octanol–water partition coefficient (Wildman–Crippen LogP) is 5.24. The molecule has 4 aliphatic rings. The first-order valence-corrected chi connectivity index (χ1v) is 15.9. The molecule has 1 unspecified atom stereocenters. The summed E-state index contributed by atoms with van der Waals surface area (Å²) in [6, 6.07) is 3.22. The smallest absolute Gasteiger partial charge is 0.408 e. The molecule has 2 amide bonds. The number of aliphatic carboxylic acids is 1. The summed E-state index contributed by atoms with van der Waals surface area (Å²) in [6.07, 6.45) is 5.14. The minimum Gasteiger partial charge on any atom is -0.480 e. The number of benzene rings is 1. The van der Waals surface area contributed by atoms with Crippen LogP contribution in [0, 0.1) is 29.1 Å². The summed E-state index contributed by atoms with van der Waals surface area (Å²) in [5, 5.41) is 13.6. The third-order valence-electron chi connectivity index (χ3n) is 9.88. The molecule has 11 heteroatoms. The standard InChI is InChI=1S/C32H41ClN4O6/c1-16-25-15-37(26(16)30(39)40)29(38)27(32(2,3)4)36-31(41)43-24-13-17-12-20(17)19(24)8-6-5-7-9-22-28(42-25)35-23-14-18(33)10-11-21(23)34-22/h10-11,14,16-17,19-20,24-27H,5-9,12-13,15H2,1-4H3,(H,36,41)(H,39,40)/t16-,17?,19-,20+,24-,25+,26+,27-/m1/s1.